The Balaban J connectivity index is 1.95. The van der Waals surface area contributed by atoms with E-state index in [1.165, 1.54) is 22.7 Å². The lowest BCUT2D eigenvalue weighted by molar-refractivity contribution is -0.130. The molecule has 0 saturated heterocycles. The van der Waals surface area contributed by atoms with Crippen molar-refractivity contribution in [3.63, 3.8) is 0 Å². The zero-order valence-corrected chi connectivity index (χ0v) is 13.6. The summed E-state index contributed by atoms with van der Waals surface area (Å²) in [6.45, 7) is 5.30. The molecule has 0 aliphatic rings. The van der Waals surface area contributed by atoms with E-state index in [4.69, 9.17) is 0 Å². The van der Waals surface area contributed by atoms with Crippen molar-refractivity contribution >= 4 is 39.6 Å². The van der Waals surface area contributed by atoms with Crippen LogP contribution in [0.2, 0.25) is 0 Å². The lowest BCUT2D eigenvalue weighted by Gasteiger charge is -2.17. The van der Waals surface area contributed by atoms with Crippen LogP contribution in [0.25, 0.3) is 0 Å². The molecule has 5 nitrogen and oxygen atoms in total. The molecule has 0 bridgehead atoms. The second-order valence-electron chi connectivity index (χ2n) is 4.32. The summed E-state index contributed by atoms with van der Waals surface area (Å²) in [4.78, 5) is 30.6. The predicted octanol–water partition coefficient (Wildman–Crippen LogP) is 2.87. The van der Waals surface area contributed by atoms with Crippen LogP contribution in [0.4, 0.5) is 5.13 Å². The maximum atomic E-state index is 12.0. The van der Waals surface area contributed by atoms with Gasteiger partial charge in [-0.25, -0.2) is 4.98 Å². The van der Waals surface area contributed by atoms with Crippen LogP contribution in [0.15, 0.2) is 22.9 Å². The Morgan fingerprint density at radius 1 is 1.29 bits per heavy atom. The minimum Gasteiger partial charge on any atom is -0.343 e. The van der Waals surface area contributed by atoms with Gasteiger partial charge in [0, 0.05) is 18.5 Å². The number of hydrogen-bond donors (Lipinski definition) is 1. The van der Waals surface area contributed by atoms with E-state index in [-0.39, 0.29) is 18.2 Å². The van der Waals surface area contributed by atoms with Gasteiger partial charge in [0.25, 0.3) is 5.91 Å². The summed E-state index contributed by atoms with van der Waals surface area (Å²) in [5.41, 5.74) is 0.693. The van der Waals surface area contributed by atoms with Crippen LogP contribution in [0.5, 0.6) is 0 Å². The maximum absolute atomic E-state index is 12.0. The fraction of sp³-hybridized carbons (Fsp3) is 0.357. The number of likely N-dealkylation sites (N-methyl/N-ethyl adjacent to an activating group) is 1. The molecule has 0 aliphatic heterocycles. The van der Waals surface area contributed by atoms with E-state index in [0.29, 0.717) is 28.8 Å². The minimum absolute atomic E-state index is 0.0569. The molecule has 2 rings (SSSR count). The van der Waals surface area contributed by atoms with Gasteiger partial charge in [-0.2, -0.15) is 0 Å². The van der Waals surface area contributed by atoms with Crippen LogP contribution in [0.3, 0.4) is 0 Å². The molecule has 0 aliphatic carbocycles. The molecule has 0 spiro atoms. The van der Waals surface area contributed by atoms with Gasteiger partial charge in [-0.3, -0.25) is 14.9 Å². The SMILES string of the molecule is CCN(CC)C(=O)Cc1csc(NC(=O)c2cccs2)n1. The highest BCUT2D eigenvalue weighted by molar-refractivity contribution is 7.14. The third-order valence-electron chi connectivity index (χ3n) is 2.97. The number of hydrogen-bond acceptors (Lipinski definition) is 5. The van der Waals surface area contributed by atoms with E-state index in [1.54, 1.807) is 11.0 Å². The molecule has 0 radical (unpaired) electrons. The number of anilines is 1. The maximum Gasteiger partial charge on any atom is 0.267 e. The number of carbonyl (C=O) groups excluding carboxylic acids is 2. The van der Waals surface area contributed by atoms with Crippen molar-refractivity contribution in [2.75, 3.05) is 18.4 Å². The Morgan fingerprint density at radius 3 is 2.67 bits per heavy atom. The Labute approximate surface area is 131 Å². The van der Waals surface area contributed by atoms with Gasteiger partial charge in [0.2, 0.25) is 5.91 Å². The van der Waals surface area contributed by atoms with E-state index >= 15 is 0 Å². The topological polar surface area (TPSA) is 62.3 Å². The van der Waals surface area contributed by atoms with Gasteiger partial charge < -0.3 is 4.90 Å². The summed E-state index contributed by atoms with van der Waals surface area (Å²) in [5, 5.41) is 6.94. The Bertz CT molecular complexity index is 604. The number of aromatic nitrogens is 1. The minimum atomic E-state index is -0.166. The highest BCUT2D eigenvalue weighted by Crippen LogP contribution is 2.18. The molecule has 7 heteroatoms. The Morgan fingerprint density at radius 2 is 2.05 bits per heavy atom. The number of nitrogens with one attached hydrogen (secondary N) is 1. The molecule has 2 aromatic heterocycles. The summed E-state index contributed by atoms with van der Waals surface area (Å²) < 4.78 is 0. The smallest absolute Gasteiger partial charge is 0.267 e. The average Bonchev–Trinajstić information content (AvgIpc) is 3.11. The molecule has 0 unspecified atom stereocenters. The quantitative estimate of drug-likeness (QED) is 0.889. The molecule has 2 amide bonds. The highest BCUT2D eigenvalue weighted by atomic mass is 32.1. The van der Waals surface area contributed by atoms with Crippen molar-refractivity contribution in [2.45, 2.75) is 20.3 Å². The first-order chi connectivity index (χ1) is 10.1. The second kappa shape index (κ2) is 7.33. The molecule has 0 fully saturated rings. The summed E-state index contributed by atoms with van der Waals surface area (Å²) in [5.74, 6) is -0.109. The van der Waals surface area contributed by atoms with Gasteiger partial charge in [-0.1, -0.05) is 6.07 Å². The third kappa shape index (κ3) is 4.12. The lowest BCUT2D eigenvalue weighted by Crippen LogP contribution is -2.31. The van der Waals surface area contributed by atoms with Crippen LogP contribution in [0, 0.1) is 0 Å². The van der Waals surface area contributed by atoms with Crippen molar-refractivity contribution in [1.82, 2.24) is 9.88 Å². The first-order valence-electron chi connectivity index (χ1n) is 6.71. The number of amides is 2. The number of carbonyl (C=O) groups is 2. The molecular weight excluding hydrogens is 306 g/mol. The van der Waals surface area contributed by atoms with Crippen molar-refractivity contribution < 1.29 is 9.59 Å². The fourth-order valence-electron chi connectivity index (χ4n) is 1.86. The summed E-state index contributed by atoms with van der Waals surface area (Å²) in [7, 11) is 0. The predicted molar refractivity (Wildman–Crippen MR) is 86.0 cm³/mol. The van der Waals surface area contributed by atoms with Crippen LogP contribution >= 0.6 is 22.7 Å². The van der Waals surface area contributed by atoms with E-state index in [0.717, 1.165) is 0 Å². The molecule has 0 saturated carbocycles. The van der Waals surface area contributed by atoms with E-state index < -0.39 is 0 Å². The van der Waals surface area contributed by atoms with Gasteiger partial charge in [0.15, 0.2) is 5.13 Å². The van der Waals surface area contributed by atoms with Gasteiger partial charge in [0.05, 0.1) is 17.0 Å². The van der Waals surface area contributed by atoms with Gasteiger partial charge in [-0.15, -0.1) is 22.7 Å². The van der Waals surface area contributed by atoms with Gasteiger partial charge in [-0.05, 0) is 25.3 Å². The molecular formula is C14H17N3O2S2. The van der Waals surface area contributed by atoms with E-state index in [9.17, 15) is 9.59 Å². The van der Waals surface area contributed by atoms with E-state index in [2.05, 4.69) is 10.3 Å². The normalized spacial score (nSPS) is 10.4. The zero-order valence-electron chi connectivity index (χ0n) is 12.0. The zero-order chi connectivity index (χ0) is 15.2. The molecule has 21 heavy (non-hydrogen) atoms. The molecule has 112 valence electrons. The number of thiazole rings is 1. The lowest BCUT2D eigenvalue weighted by atomic mass is 10.3. The first kappa shape index (κ1) is 15.7. The van der Waals surface area contributed by atoms with E-state index in [1.807, 2.05) is 30.7 Å². The summed E-state index contributed by atoms with van der Waals surface area (Å²) in [6.07, 6.45) is 0.271. The fourth-order valence-corrected chi connectivity index (χ4v) is 3.18. The van der Waals surface area contributed by atoms with Crippen LogP contribution in [-0.2, 0) is 11.2 Å². The van der Waals surface area contributed by atoms with Crippen LogP contribution in [-0.4, -0.2) is 34.8 Å². The van der Waals surface area contributed by atoms with Gasteiger partial charge in [0.1, 0.15) is 0 Å². The largest absolute Gasteiger partial charge is 0.343 e. The molecule has 2 heterocycles. The molecule has 2 aromatic rings. The van der Waals surface area contributed by atoms with Crippen LogP contribution < -0.4 is 5.32 Å². The summed E-state index contributed by atoms with van der Waals surface area (Å²) >= 11 is 2.72. The van der Waals surface area contributed by atoms with Crippen molar-refractivity contribution in [3.05, 3.63) is 33.5 Å². The van der Waals surface area contributed by atoms with Crippen molar-refractivity contribution in [2.24, 2.45) is 0 Å². The van der Waals surface area contributed by atoms with Gasteiger partial charge >= 0.3 is 0 Å². The number of rotatable bonds is 6. The highest BCUT2D eigenvalue weighted by Gasteiger charge is 2.14. The average molecular weight is 323 g/mol. The standard InChI is InChI=1S/C14H17N3O2S2/c1-3-17(4-2)12(18)8-10-9-21-14(15-10)16-13(19)11-6-5-7-20-11/h5-7,9H,3-4,8H2,1-2H3,(H,15,16,19). The third-order valence-corrected chi connectivity index (χ3v) is 4.64. The number of thiophene rings is 1. The first-order valence-corrected chi connectivity index (χ1v) is 8.47. The Hall–Kier alpha value is -1.73. The summed E-state index contributed by atoms with van der Waals surface area (Å²) in [6, 6.07) is 3.59. The molecule has 0 atom stereocenters. The number of nitrogens with zero attached hydrogens (tertiary/aromatic N) is 2. The Kier molecular flexibility index (Phi) is 5.46. The van der Waals surface area contributed by atoms with Crippen molar-refractivity contribution in [1.29, 1.82) is 0 Å². The molecule has 0 aromatic carbocycles. The second-order valence-corrected chi connectivity index (χ2v) is 6.12. The monoisotopic (exact) mass is 323 g/mol. The van der Waals surface area contributed by atoms with Crippen LogP contribution in [0.1, 0.15) is 29.2 Å². The van der Waals surface area contributed by atoms with Crippen molar-refractivity contribution in [3.8, 4) is 0 Å². The molecule has 1 N–H and O–H groups in total.